The van der Waals surface area contributed by atoms with Gasteiger partial charge in [-0.1, -0.05) is 41.9 Å². The lowest BCUT2D eigenvalue weighted by Gasteiger charge is -2.04. The van der Waals surface area contributed by atoms with Crippen LogP contribution in [0.4, 0.5) is 0 Å². The van der Waals surface area contributed by atoms with Crippen molar-refractivity contribution in [3.8, 4) is 0 Å². The molecule has 104 valence electrons. The summed E-state index contributed by atoms with van der Waals surface area (Å²) in [5.41, 5.74) is 4.16. The normalized spacial score (nSPS) is 14.6. The summed E-state index contributed by atoms with van der Waals surface area (Å²) in [6.45, 7) is 10.6. The van der Waals surface area contributed by atoms with Crippen LogP contribution in [-0.4, -0.2) is 11.2 Å². The van der Waals surface area contributed by atoms with Gasteiger partial charge in [-0.3, -0.25) is 0 Å². The Labute approximate surface area is 113 Å². The van der Waals surface area contributed by atoms with Crippen LogP contribution in [0.25, 0.3) is 0 Å². The summed E-state index contributed by atoms with van der Waals surface area (Å²) in [7, 11) is 0. The first kappa shape index (κ1) is 17.2. The molecule has 0 aliphatic rings. The predicted octanol–water partition coefficient (Wildman–Crippen LogP) is 5.18. The summed E-state index contributed by atoms with van der Waals surface area (Å²) in [5.74, 6) is 0. The van der Waals surface area contributed by atoms with Gasteiger partial charge in [0.15, 0.2) is 0 Å². The molecule has 0 spiro atoms. The van der Waals surface area contributed by atoms with E-state index in [0.717, 1.165) is 32.1 Å². The minimum absolute atomic E-state index is 0.271. The van der Waals surface area contributed by atoms with E-state index in [1.54, 1.807) is 0 Å². The van der Waals surface area contributed by atoms with E-state index >= 15 is 0 Å². The Hall–Kier alpha value is -0.820. The highest BCUT2D eigenvalue weighted by molar-refractivity contribution is 5.06. The lowest BCUT2D eigenvalue weighted by Crippen LogP contribution is -1.99. The number of rotatable bonds is 8. The molecule has 0 heterocycles. The minimum Gasteiger partial charge on any atom is -0.389 e. The van der Waals surface area contributed by atoms with Gasteiger partial charge in [-0.15, -0.1) is 0 Å². The third-order valence-electron chi connectivity index (χ3n) is 3.02. The van der Waals surface area contributed by atoms with Crippen molar-refractivity contribution in [3.63, 3.8) is 0 Å². The summed E-state index contributed by atoms with van der Waals surface area (Å²) >= 11 is 0. The van der Waals surface area contributed by atoms with E-state index in [4.69, 9.17) is 0 Å². The molecule has 1 N–H and O–H groups in total. The van der Waals surface area contributed by atoms with Gasteiger partial charge in [0.05, 0.1) is 6.10 Å². The Balaban J connectivity index is 3.93. The van der Waals surface area contributed by atoms with Crippen LogP contribution in [0.3, 0.4) is 0 Å². The maximum Gasteiger partial charge on any atom is 0.0720 e. The van der Waals surface area contributed by atoms with Crippen molar-refractivity contribution >= 4 is 0 Å². The predicted molar refractivity (Wildman–Crippen MR) is 81.7 cm³/mol. The van der Waals surface area contributed by atoms with E-state index in [1.165, 1.54) is 16.7 Å². The molecule has 1 atom stereocenters. The number of hydrogen-bond acceptors (Lipinski definition) is 1. The van der Waals surface area contributed by atoms with Crippen molar-refractivity contribution < 1.29 is 5.11 Å². The van der Waals surface area contributed by atoms with E-state index in [9.17, 15) is 5.11 Å². The van der Waals surface area contributed by atoms with Gasteiger partial charge in [0, 0.05) is 0 Å². The third kappa shape index (κ3) is 10.3. The molecular formula is C17H30O. The molecule has 0 rings (SSSR count). The molecule has 0 amide bonds. The average molecular weight is 250 g/mol. The van der Waals surface area contributed by atoms with E-state index in [-0.39, 0.29) is 6.10 Å². The van der Waals surface area contributed by atoms with Gasteiger partial charge in [-0.05, 0) is 59.8 Å². The van der Waals surface area contributed by atoms with Crippen LogP contribution in [0.5, 0.6) is 0 Å². The number of aliphatic hydroxyl groups excluding tert-OH is 1. The summed E-state index contributed by atoms with van der Waals surface area (Å²) in [4.78, 5) is 0. The Kier molecular flexibility index (Phi) is 9.67. The van der Waals surface area contributed by atoms with Gasteiger partial charge in [-0.25, -0.2) is 0 Å². The SMILES string of the molecule is CCC(O)/C=C(\C)CC/C=C(\C)CCC=C(C)C. The lowest BCUT2D eigenvalue weighted by molar-refractivity contribution is 0.218. The van der Waals surface area contributed by atoms with Gasteiger partial charge in [-0.2, -0.15) is 0 Å². The molecule has 1 unspecified atom stereocenters. The Bertz CT molecular complexity index is 304. The van der Waals surface area contributed by atoms with Crippen LogP contribution in [0, 0.1) is 0 Å². The zero-order valence-corrected chi connectivity index (χ0v) is 12.8. The van der Waals surface area contributed by atoms with Crippen LogP contribution in [0.15, 0.2) is 34.9 Å². The molecule has 18 heavy (non-hydrogen) atoms. The summed E-state index contributed by atoms with van der Waals surface area (Å²) in [6.07, 6.45) is 11.6. The molecule has 0 saturated carbocycles. The highest BCUT2D eigenvalue weighted by Crippen LogP contribution is 2.12. The fraction of sp³-hybridized carbons (Fsp3) is 0.647. The van der Waals surface area contributed by atoms with Crippen LogP contribution in [-0.2, 0) is 0 Å². The first-order valence-electron chi connectivity index (χ1n) is 7.10. The van der Waals surface area contributed by atoms with Crippen molar-refractivity contribution in [2.45, 2.75) is 72.8 Å². The van der Waals surface area contributed by atoms with Gasteiger partial charge in [0.1, 0.15) is 0 Å². The van der Waals surface area contributed by atoms with E-state index < -0.39 is 0 Å². The van der Waals surface area contributed by atoms with Gasteiger partial charge >= 0.3 is 0 Å². The molecule has 0 aliphatic carbocycles. The van der Waals surface area contributed by atoms with Crippen LogP contribution < -0.4 is 0 Å². The maximum atomic E-state index is 9.51. The van der Waals surface area contributed by atoms with E-state index in [1.807, 2.05) is 13.0 Å². The first-order chi connectivity index (χ1) is 8.45. The molecule has 0 fully saturated rings. The molecule has 0 aromatic heterocycles. The fourth-order valence-electron chi connectivity index (χ4n) is 1.77. The van der Waals surface area contributed by atoms with Crippen molar-refractivity contribution in [3.05, 3.63) is 34.9 Å². The van der Waals surface area contributed by atoms with Gasteiger partial charge in [0.25, 0.3) is 0 Å². The smallest absolute Gasteiger partial charge is 0.0720 e. The molecule has 0 aromatic carbocycles. The molecule has 0 radical (unpaired) electrons. The second-order valence-corrected chi connectivity index (χ2v) is 5.40. The fourth-order valence-corrected chi connectivity index (χ4v) is 1.77. The second kappa shape index (κ2) is 10.1. The minimum atomic E-state index is -0.271. The summed E-state index contributed by atoms with van der Waals surface area (Å²) in [5, 5.41) is 9.51. The van der Waals surface area contributed by atoms with Crippen molar-refractivity contribution in [2.24, 2.45) is 0 Å². The highest BCUT2D eigenvalue weighted by atomic mass is 16.3. The Morgan fingerprint density at radius 1 is 0.944 bits per heavy atom. The highest BCUT2D eigenvalue weighted by Gasteiger charge is 1.96. The average Bonchev–Trinajstić information content (AvgIpc) is 2.28. The maximum absolute atomic E-state index is 9.51. The van der Waals surface area contributed by atoms with E-state index in [2.05, 4.69) is 39.8 Å². The van der Waals surface area contributed by atoms with Crippen molar-refractivity contribution in [1.29, 1.82) is 0 Å². The van der Waals surface area contributed by atoms with Crippen LogP contribution >= 0.6 is 0 Å². The van der Waals surface area contributed by atoms with Crippen molar-refractivity contribution in [2.75, 3.05) is 0 Å². The molecule has 0 bridgehead atoms. The molecule has 1 heteroatoms. The van der Waals surface area contributed by atoms with E-state index in [0.29, 0.717) is 0 Å². The monoisotopic (exact) mass is 250 g/mol. The number of aliphatic hydroxyl groups is 1. The Morgan fingerprint density at radius 3 is 2.06 bits per heavy atom. The first-order valence-corrected chi connectivity index (χ1v) is 7.10. The standard InChI is InChI=1S/C17H30O/c1-6-17(18)13-16(5)12-8-11-15(4)10-7-9-14(2)3/h9,11,13,17-18H,6-8,10,12H2,1-5H3/b15-11+,16-13+. The second-order valence-electron chi connectivity index (χ2n) is 5.40. The van der Waals surface area contributed by atoms with Gasteiger partial charge in [0.2, 0.25) is 0 Å². The molecule has 0 aromatic rings. The van der Waals surface area contributed by atoms with Crippen LogP contribution in [0.1, 0.15) is 66.7 Å². The summed E-state index contributed by atoms with van der Waals surface area (Å²) < 4.78 is 0. The van der Waals surface area contributed by atoms with Crippen LogP contribution in [0.2, 0.25) is 0 Å². The third-order valence-corrected chi connectivity index (χ3v) is 3.02. The molecule has 1 nitrogen and oxygen atoms in total. The van der Waals surface area contributed by atoms with Crippen molar-refractivity contribution in [1.82, 2.24) is 0 Å². The summed E-state index contributed by atoms with van der Waals surface area (Å²) in [6, 6.07) is 0. The Morgan fingerprint density at radius 2 is 1.50 bits per heavy atom. The molecular weight excluding hydrogens is 220 g/mol. The zero-order valence-electron chi connectivity index (χ0n) is 12.8. The molecule has 0 aliphatic heterocycles. The number of allylic oxidation sites excluding steroid dienone is 5. The topological polar surface area (TPSA) is 20.2 Å². The lowest BCUT2D eigenvalue weighted by atomic mass is 10.1. The van der Waals surface area contributed by atoms with Gasteiger partial charge < -0.3 is 5.11 Å². The molecule has 0 saturated heterocycles. The zero-order chi connectivity index (χ0) is 14.0. The number of hydrogen-bond donors (Lipinski definition) is 1. The largest absolute Gasteiger partial charge is 0.389 e. The quantitative estimate of drug-likeness (QED) is 0.589.